The molecule has 2 rings (SSSR count). The van der Waals surface area contributed by atoms with Crippen LogP contribution in [0.4, 0.5) is 34.1 Å². The molecule has 2 aromatic rings. The minimum absolute atomic E-state index is 0.0216. The van der Waals surface area contributed by atoms with E-state index in [0.717, 1.165) is 12.1 Å². The molecule has 10 heteroatoms. The van der Waals surface area contributed by atoms with E-state index in [1.165, 1.54) is 6.07 Å². The van der Waals surface area contributed by atoms with Crippen molar-refractivity contribution in [1.82, 2.24) is 0 Å². The number of hydrogen-bond donors (Lipinski definition) is 2. The number of rotatable bonds is 5. The van der Waals surface area contributed by atoms with Crippen molar-refractivity contribution in [3.05, 3.63) is 54.1 Å². The molecule has 0 aliphatic rings. The maximum atomic E-state index is 12.8. The SMILES string of the molecule is CC(C)(C)OC(=O)Nc1ccc(NC(=O)OCc2ccccc2)c(OC(F)(F)F)c1. The predicted molar refractivity (Wildman–Crippen MR) is 103 cm³/mol. The Kier molecular flexibility index (Phi) is 7.14. The van der Waals surface area contributed by atoms with Crippen molar-refractivity contribution >= 4 is 23.6 Å². The third-order valence-corrected chi connectivity index (χ3v) is 3.30. The Hall–Kier alpha value is -3.43. The van der Waals surface area contributed by atoms with Crippen molar-refractivity contribution in [3.63, 3.8) is 0 Å². The Morgan fingerprint density at radius 2 is 1.60 bits per heavy atom. The van der Waals surface area contributed by atoms with Gasteiger partial charge in [0, 0.05) is 11.8 Å². The smallest absolute Gasteiger partial charge is 0.444 e. The third kappa shape index (κ3) is 8.29. The first-order chi connectivity index (χ1) is 13.9. The van der Waals surface area contributed by atoms with Crippen LogP contribution in [0.2, 0.25) is 0 Å². The molecule has 0 bridgehead atoms. The first-order valence-electron chi connectivity index (χ1n) is 8.79. The summed E-state index contributed by atoms with van der Waals surface area (Å²) >= 11 is 0. The van der Waals surface area contributed by atoms with Gasteiger partial charge in [-0.2, -0.15) is 0 Å². The maximum Gasteiger partial charge on any atom is 0.573 e. The molecule has 0 spiro atoms. The number of anilines is 2. The lowest BCUT2D eigenvalue weighted by Gasteiger charge is -2.20. The molecule has 0 fully saturated rings. The highest BCUT2D eigenvalue weighted by Crippen LogP contribution is 2.33. The van der Waals surface area contributed by atoms with Crippen LogP contribution in [0.3, 0.4) is 0 Å². The summed E-state index contributed by atoms with van der Waals surface area (Å²) in [5.41, 5.74) is -0.400. The second kappa shape index (κ2) is 9.38. The van der Waals surface area contributed by atoms with E-state index < -0.39 is 29.9 Å². The minimum Gasteiger partial charge on any atom is -0.444 e. The Morgan fingerprint density at radius 3 is 2.20 bits per heavy atom. The molecule has 2 amide bonds. The molecule has 0 aliphatic heterocycles. The molecule has 7 nitrogen and oxygen atoms in total. The van der Waals surface area contributed by atoms with Crippen LogP contribution < -0.4 is 15.4 Å². The minimum atomic E-state index is -5.02. The topological polar surface area (TPSA) is 85.9 Å². The highest BCUT2D eigenvalue weighted by atomic mass is 19.4. The highest BCUT2D eigenvalue weighted by molar-refractivity contribution is 5.89. The second-order valence-electron chi connectivity index (χ2n) is 7.07. The monoisotopic (exact) mass is 426 g/mol. The third-order valence-electron chi connectivity index (χ3n) is 3.30. The number of ether oxygens (including phenoxy) is 3. The van der Waals surface area contributed by atoms with Crippen LogP contribution in [0, 0.1) is 0 Å². The van der Waals surface area contributed by atoms with Crippen molar-refractivity contribution in [2.75, 3.05) is 10.6 Å². The highest BCUT2D eigenvalue weighted by Gasteiger charge is 2.32. The summed E-state index contributed by atoms with van der Waals surface area (Å²) in [5.74, 6) is -0.729. The van der Waals surface area contributed by atoms with Crippen LogP contribution in [0.15, 0.2) is 48.5 Å². The second-order valence-corrected chi connectivity index (χ2v) is 7.07. The van der Waals surface area contributed by atoms with E-state index in [1.54, 1.807) is 51.1 Å². The molecular formula is C20H21F3N2O5. The van der Waals surface area contributed by atoms with Gasteiger partial charge in [0.2, 0.25) is 0 Å². The lowest BCUT2D eigenvalue weighted by molar-refractivity contribution is -0.274. The van der Waals surface area contributed by atoms with Crippen molar-refractivity contribution < 1.29 is 37.0 Å². The summed E-state index contributed by atoms with van der Waals surface area (Å²) in [4.78, 5) is 23.8. The van der Waals surface area contributed by atoms with Gasteiger partial charge in [-0.05, 0) is 38.5 Å². The van der Waals surface area contributed by atoms with E-state index in [2.05, 4.69) is 15.4 Å². The Balaban J connectivity index is 2.11. The average Bonchev–Trinajstić information content (AvgIpc) is 2.60. The van der Waals surface area contributed by atoms with E-state index in [0.29, 0.717) is 5.56 Å². The predicted octanol–water partition coefficient (Wildman–Crippen LogP) is 5.68. The van der Waals surface area contributed by atoms with Gasteiger partial charge in [0.15, 0.2) is 5.75 Å². The molecular weight excluding hydrogens is 405 g/mol. The molecule has 0 radical (unpaired) electrons. The van der Waals surface area contributed by atoms with Gasteiger partial charge < -0.3 is 14.2 Å². The average molecular weight is 426 g/mol. The molecule has 162 valence electrons. The summed E-state index contributed by atoms with van der Waals surface area (Å²) in [6.07, 6.45) is -6.85. The van der Waals surface area contributed by atoms with Crippen molar-refractivity contribution in [2.24, 2.45) is 0 Å². The van der Waals surface area contributed by atoms with Gasteiger partial charge in [0.1, 0.15) is 12.2 Å². The van der Waals surface area contributed by atoms with Crippen molar-refractivity contribution in [2.45, 2.75) is 39.3 Å². The van der Waals surface area contributed by atoms with Crippen LogP contribution in [-0.4, -0.2) is 24.1 Å². The van der Waals surface area contributed by atoms with Crippen LogP contribution in [0.1, 0.15) is 26.3 Å². The molecule has 30 heavy (non-hydrogen) atoms. The lowest BCUT2D eigenvalue weighted by Crippen LogP contribution is -2.27. The molecule has 0 atom stereocenters. The van der Waals surface area contributed by atoms with Gasteiger partial charge >= 0.3 is 18.5 Å². The summed E-state index contributed by atoms with van der Waals surface area (Å²) in [6, 6.07) is 12.1. The number of benzene rings is 2. The molecule has 2 N–H and O–H groups in total. The van der Waals surface area contributed by atoms with Gasteiger partial charge in [-0.15, -0.1) is 13.2 Å². The van der Waals surface area contributed by atoms with Crippen LogP contribution in [0.5, 0.6) is 5.75 Å². The number of carbonyl (C=O) groups is 2. The molecule has 0 aliphatic carbocycles. The fourth-order valence-corrected chi connectivity index (χ4v) is 2.20. The first kappa shape index (κ1) is 22.9. The molecule has 2 aromatic carbocycles. The van der Waals surface area contributed by atoms with E-state index >= 15 is 0 Å². The summed E-state index contributed by atoms with van der Waals surface area (Å²) in [5, 5.41) is 4.49. The zero-order valence-electron chi connectivity index (χ0n) is 16.5. The quantitative estimate of drug-likeness (QED) is 0.642. The fraction of sp³-hybridized carbons (Fsp3) is 0.300. The van der Waals surface area contributed by atoms with Gasteiger partial charge in [-0.1, -0.05) is 30.3 Å². The number of hydrogen-bond acceptors (Lipinski definition) is 5. The number of carbonyl (C=O) groups excluding carboxylic acids is 2. The van der Waals surface area contributed by atoms with E-state index in [1.807, 2.05) is 0 Å². The van der Waals surface area contributed by atoms with Crippen molar-refractivity contribution in [1.29, 1.82) is 0 Å². The Bertz CT molecular complexity index is 880. The molecule has 0 unspecified atom stereocenters. The maximum absolute atomic E-state index is 12.8. The van der Waals surface area contributed by atoms with E-state index in [4.69, 9.17) is 9.47 Å². The summed E-state index contributed by atoms with van der Waals surface area (Å²) in [6.45, 7) is 4.84. The summed E-state index contributed by atoms with van der Waals surface area (Å²) in [7, 11) is 0. The van der Waals surface area contributed by atoms with Gasteiger partial charge in [0.05, 0.1) is 5.69 Å². The van der Waals surface area contributed by atoms with Gasteiger partial charge in [-0.3, -0.25) is 10.6 Å². The van der Waals surface area contributed by atoms with Gasteiger partial charge in [0.25, 0.3) is 0 Å². The Morgan fingerprint density at radius 1 is 0.933 bits per heavy atom. The number of amides is 2. The van der Waals surface area contributed by atoms with Crippen LogP contribution in [0.25, 0.3) is 0 Å². The lowest BCUT2D eigenvalue weighted by atomic mass is 10.2. The molecule has 0 saturated heterocycles. The van der Waals surface area contributed by atoms with Crippen LogP contribution in [-0.2, 0) is 16.1 Å². The van der Waals surface area contributed by atoms with E-state index in [9.17, 15) is 22.8 Å². The summed E-state index contributed by atoms with van der Waals surface area (Å²) < 4.78 is 52.3. The largest absolute Gasteiger partial charge is 0.573 e. The number of alkyl halides is 3. The standard InChI is InChI=1S/C20H21F3N2O5/c1-19(2,3)30-18(27)24-14-9-10-15(16(11-14)29-20(21,22)23)25-17(26)28-12-13-7-5-4-6-8-13/h4-11H,12H2,1-3H3,(H,24,27)(H,25,26). The van der Waals surface area contributed by atoms with Gasteiger partial charge in [-0.25, -0.2) is 9.59 Å². The number of nitrogens with one attached hydrogen (secondary N) is 2. The molecule has 0 heterocycles. The Labute approximate surface area is 171 Å². The first-order valence-corrected chi connectivity index (χ1v) is 8.79. The number of halogens is 3. The van der Waals surface area contributed by atoms with Crippen LogP contribution >= 0.6 is 0 Å². The molecule has 0 saturated carbocycles. The van der Waals surface area contributed by atoms with E-state index in [-0.39, 0.29) is 18.0 Å². The molecule has 0 aromatic heterocycles. The normalized spacial score (nSPS) is 11.4. The zero-order chi connectivity index (χ0) is 22.4. The fourth-order valence-electron chi connectivity index (χ4n) is 2.20. The van der Waals surface area contributed by atoms with Crippen molar-refractivity contribution in [3.8, 4) is 5.75 Å². The zero-order valence-corrected chi connectivity index (χ0v) is 16.5.